The maximum absolute atomic E-state index is 10.7. The second-order valence-electron chi connectivity index (χ2n) is 9.07. The summed E-state index contributed by atoms with van der Waals surface area (Å²) in [7, 11) is 0. The fourth-order valence-corrected chi connectivity index (χ4v) is 4.75. The van der Waals surface area contributed by atoms with Gasteiger partial charge in [0.15, 0.2) is 6.29 Å². The molecule has 3 fully saturated rings. The van der Waals surface area contributed by atoms with Crippen LogP contribution in [0.25, 0.3) is 0 Å². The molecule has 0 aromatic rings. The van der Waals surface area contributed by atoms with Crippen molar-refractivity contribution < 1.29 is 65.5 Å². The lowest BCUT2D eigenvalue weighted by Crippen LogP contribution is -3.05. The summed E-state index contributed by atoms with van der Waals surface area (Å²) >= 11 is 0. The summed E-state index contributed by atoms with van der Waals surface area (Å²) in [5.41, 5.74) is 0. The van der Waals surface area contributed by atoms with Gasteiger partial charge in [0.25, 0.3) is 0 Å². The largest absolute Gasteiger partial charge is 0.394 e. The Morgan fingerprint density at radius 3 is 2.03 bits per heavy atom. The lowest BCUT2D eigenvalue weighted by molar-refractivity contribution is -0.755. The van der Waals surface area contributed by atoms with Crippen LogP contribution in [0.15, 0.2) is 0 Å². The van der Waals surface area contributed by atoms with E-state index in [1.54, 1.807) is 6.92 Å². The lowest BCUT2D eigenvalue weighted by atomic mass is 9.77. The molecule has 3 rings (SSSR count). The first-order valence-corrected chi connectivity index (χ1v) is 10.8. The summed E-state index contributed by atoms with van der Waals surface area (Å²) in [6.45, 7) is 2.36. The number of aliphatic hydroxyl groups is 9. The van der Waals surface area contributed by atoms with E-state index in [0.29, 0.717) is 0 Å². The first-order chi connectivity index (χ1) is 15.0. The van der Waals surface area contributed by atoms with Gasteiger partial charge >= 0.3 is 0 Å². The third kappa shape index (κ3) is 4.81. The average Bonchev–Trinajstić information content (AvgIpc) is 2.77. The Kier molecular flexibility index (Phi) is 8.48. The SMILES string of the molecule is CC1[C@@H](O)[C@H](O)[C@@H](O)[C@@H]([NH2+][C@H]2[C@H](O)[C@@H](O)[C@@H](O[C@H]3[C@H](O)[C@@H](O)CO[C@@H]3CO)O[C@@H]2C)[C@@H]1O. The van der Waals surface area contributed by atoms with Crippen LogP contribution in [0.1, 0.15) is 13.8 Å². The summed E-state index contributed by atoms with van der Waals surface area (Å²) in [4.78, 5) is 0. The highest BCUT2D eigenvalue weighted by Crippen LogP contribution is 2.28. The van der Waals surface area contributed by atoms with Crippen LogP contribution in [0.4, 0.5) is 0 Å². The fourth-order valence-electron chi connectivity index (χ4n) is 4.75. The number of nitrogens with two attached hydrogens (primary N) is 1. The highest BCUT2D eigenvalue weighted by atomic mass is 16.7. The van der Waals surface area contributed by atoms with Gasteiger partial charge in [-0.05, 0) is 6.92 Å². The second kappa shape index (κ2) is 10.4. The molecule has 2 saturated heterocycles. The Morgan fingerprint density at radius 2 is 1.41 bits per heavy atom. The predicted octanol–water partition coefficient (Wildman–Crippen LogP) is -6.65. The minimum Gasteiger partial charge on any atom is -0.394 e. The molecule has 0 spiro atoms. The Bertz CT molecular complexity index is 597. The van der Waals surface area contributed by atoms with E-state index >= 15 is 0 Å². The number of rotatable bonds is 5. The van der Waals surface area contributed by atoms with Crippen molar-refractivity contribution in [3.05, 3.63) is 0 Å². The van der Waals surface area contributed by atoms with Crippen molar-refractivity contribution in [1.82, 2.24) is 0 Å². The molecular weight excluding hydrogens is 434 g/mol. The monoisotopic (exact) mass is 470 g/mol. The molecule has 188 valence electrons. The van der Waals surface area contributed by atoms with E-state index in [1.807, 2.05) is 0 Å². The van der Waals surface area contributed by atoms with Gasteiger partial charge in [-0.3, -0.25) is 0 Å². The van der Waals surface area contributed by atoms with Gasteiger partial charge in [0.05, 0.1) is 19.3 Å². The van der Waals surface area contributed by atoms with Gasteiger partial charge in [-0.2, -0.15) is 0 Å². The van der Waals surface area contributed by atoms with E-state index in [9.17, 15) is 46.0 Å². The number of quaternary nitrogens is 1. The molecule has 3 aliphatic rings. The van der Waals surface area contributed by atoms with Crippen LogP contribution in [0.5, 0.6) is 0 Å². The van der Waals surface area contributed by atoms with Gasteiger partial charge in [-0.1, -0.05) is 6.92 Å². The summed E-state index contributed by atoms with van der Waals surface area (Å²) in [5, 5.41) is 93.0. The van der Waals surface area contributed by atoms with E-state index in [1.165, 1.54) is 12.2 Å². The maximum atomic E-state index is 10.7. The van der Waals surface area contributed by atoms with Crippen molar-refractivity contribution >= 4 is 0 Å². The summed E-state index contributed by atoms with van der Waals surface area (Å²) < 4.78 is 16.5. The van der Waals surface area contributed by atoms with Gasteiger partial charge in [-0.25, -0.2) is 0 Å². The zero-order valence-electron chi connectivity index (χ0n) is 17.9. The minimum atomic E-state index is -1.62. The molecule has 0 bridgehead atoms. The summed E-state index contributed by atoms with van der Waals surface area (Å²) in [5.74, 6) is -0.748. The molecule has 32 heavy (non-hydrogen) atoms. The first kappa shape index (κ1) is 26.1. The average molecular weight is 470 g/mol. The molecule has 0 amide bonds. The van der Waals surface area contributed by atoms with Crippen LogP contribution < -0.4 is 5.32 Å². The van der Waals surface area contributed by atoms with Crippen molar-refractivity contribution in [2.45, 2.75) is 99.4 Å². The van der Waals surface area contributed by atoms with Crippen LogP contribution >= 0.6 is 0 Å². The third-order valence-electron chi connectivity index (χ3n) is 6.97. The van der Waals surface area contributed by atoms with Gasteiger partial charge in [0, 0.05) is 5.92 Å². The summed E-state index contributed by atoms with van der Waals surface area (Å²) in [6.07, 6.45) is -15.8. The fraction of sp³-hybridized carbons (Fsp3) is 1.00. The summed E-state index contributed by atoms with van der Waals surface area (Å²) in [6, 6.07) is -1.90. The number of hydrogen-bond acceptors (Lipinski definition) is 12. The highest BCUT2D eigenvalue weighted by molar-refractivity contribution is 4.98. The molecule has 0 aromatic carbocycles. The van der Waals surface area contributed by atoms with Crippen LogP contribution in [-0.2, 0) is 14.2 Å². The molecule has 0 aromatic heterocycles. The third-order valence-corrected chi connectivity index (χ3v) is 6.97. The molecule has 13 nitrogen and oxygen atoms in total. The smallest absolute Gasteiger partial charge is 0.187 e. The second-order valence-corrected chi connectivity index (χ2v) is 9.07. The van der Waals surface area contributed by atoms with Crippen molar-refractivity contribution in [1.29, 1.82) is 0 Å². The Labute approximate surface area is 184 Å². The highest BCUT2D eigenvalue weighted by Gasteiger charge is 2.54. The Balaban J connectivity index is 1.69. The van der Waals surface area contributed by atoms with Crippen LogP contribution in [0.2, 0.25) is 0 Å². The number of ether oxygens (including phenoxy) is 3. The van der Waals surface area contributed by atoms with E-state index < -0.39 is 98.0 Å². The Morgan fingerprint density at radius 1 is 0.781 bits per heavy atom. The van der Waals surface area contributed by atoms with Crippen molar-refractivity contribution in [2.75, 3.05) is 13.2 Å². The van der Waals surface area contributed by atoms with Crippen molar-refractivity contribution in [3.63, 3.8) is 0 Å². The first-order valence-electron chi connectivity index (χ1n) is 10.8. The van der Waals surface area contributed by atoms with E-state index in [4.69, 9.17) is 14.2 Å². The topological polar surface area (TPSA) is 226 Å². The van der Waals surface area contributed by atoms with E-state index in [0.717, 1.165) is 0 Å². The lowest BCUT2D eigenvalue weighted by Gasteiger charge is -2.47. The number of aliphatic hydroxyl groups excluding tert-OH is 9. The van der Waals surface area contributed by atoms with Crippen molar-refractivity contribution in [2.24, 2.45) is 5.92 Å². The molecule has 2 aliphatic heterocycles. The van der Waals surface area contributed by atoms with Gasteiger partial charge in [-0.15, -0.1) is 0 Å². The molecule has 13 heteroatoms. The molecule has 0 radical (unpaired) electrons. The molecule has 1 unspecified atom stereocenters. The maximum Gasteiger partial charge on any atom is 0.187 e. The van der Waals surface area contributed by atoms with Gasteiger partial charge in [0.1, 0.15) is 73.1 Å². The number of hydrogen-bond donors (Lipinski definition) is 10. The van der Waals surface area contributed by atoms with Gasteiger partial charge < -0.3 is 65.5 Å². The van der Waals surface area contributed by atoms with Crippen LogP contribution in [-0.4, -0.2) is 145 Å². The zero-order chi connectivity index (χ0) is 23.9. The molecular formula is C19H36NO12+. The zero-order valence-corrected chi connectivity index (χ0v) is 17.9. The van der Waals surface area contributed by atoms with Gasteiger partial charge in [0.2, 0.25) is 0 Å². The molecule has 1 saturated carbocycles. The standard InChI is InChI=1S/C19H35NO12/c1-5-11(23)10(15(27)16(28)12(5)24)20-9-6(2)31-19(17(29)14(9)26)32-18-8(3-21)30-4-7(22)13(18)25/h5-29H,3-4H2,1-2H3/p+1/t5?,6-,7+,8-,9-,10+,11-,12-,13-,14+,15+,16+,17-,18-,19-/m1/s1. The molecule has 15 atom stereocenters. The molecule has 2 heterocycles. The Hall–Kier alpha value is -0.520. The van der Waals surface area contributed by atoms with E-state index in [2.05, 4.69) is 0 Å². The normalized spacial score (nSPS) is 55.0. The molecule has 11 N–H and O–H groups in total. The van der Waals surface area contributed by atoms with Crippen molar-refractivity contribution in [3.8, 4) is 0 Å². The van der Waals surface area contributed by atoms with Crippen LogP contribution in [0, 0.1) is 5.92 Å². The van der Waals surface area contributed by atoms with Crippen LogP contribution in [0.3, 0.4) is 0 Å². The minimum absolute atomic E-state index is 0.207. The predicted molar refractivity (Wildman–Crippen MR) is 103 cm³/mol. The molecule has 1 aliphatic carbocycles. The quantitative estimate of drug-likeness (QED) is 0.181. The van der Waals surface area contributed by atoms with E-state index in [-0.39, 0.29) is 6.61 Å².